The first kappa shape index (κ1) is 13.3. The van der Waals surface area contributed by atoms with Crippen LogP contribution in [0.15, 0.2) is 18.2 Å². The highest BCUT2D eigenvalue weighted by Gasteiger charge is 2.35. The van der Waals surface area contributed by atoms with E-state index in [1.165, 1.54) is 19.3 Å². The van der Waals surface area contributed by atoms with Crippen molar-refractivity contribution in [2.75, 3.05) is 31.1 Å². The SMILES string of the molecule is Cc1ccc2c(c1)C(=O)C(=O)N2CCN1CCCCC1. The second-order valence-corrected chi connectivity index (χ2v) is 5.71. The van der Waals surface area contributed by atoms with Crippen LogP contribution in [0, 0.1) is 6.92 Å². The van der Waals surface area contributed by atoms with E-state index in [0.29, 0.717) is 12.1 Å². The number of Topliss-reactive ketones (excluding diaryl/α,β-unsaturated/α-hetero) is 1. The van der Waals surface area contributed by atoms with Crippen molar-refractivity contribution in [3.63, 3.8) is 0 Å². The van der Waals surface area contributed by atoms with Gasteiger partial charge in [0, 0.05) is 13.1 Å². The normalized spacial score (nSPS) is 19.6. The molecule has 0 saturated carbocycles. The van der Waals surface area contributed by atoms with Crippen molar-refractivity contribution >= 4 is 17.4 Å². The summed E-state index contributed by atoms with van der Waals surface area (Å²) in [6, 6.07) is 5.67. The molecule has 1 saturated heterocycles. The predicted octanol–water partition coefficient (Wildman–Crippen LogP) is 2.01. The van der Waals surface area contributed by atoms with E-state index in [-0.39, 0.29) is 11.7 Å². The highest BCUT2D eigenvalue weighted by atomic mass is 16.2. The van der Waals surface area contributed by atoms with Crippen molar-refractivity contribution in [2.45, 2.75) is 26.2 Å². The number of fused-ring (bicyclic) bond motifs is 1. The second kappa shape index (κ2) is 5.37. The van der Waals surface area contributed by atoms with E-state index in [9.17, 15) is 9.59 Å². The lowest BCUT2D eigenvalue weighted by molar-refractivity contribution is -0.114. The van der Waals surface area contributed by atoms with Crippen LogP contribution in [-0.4, -0.2) is 42.8 Å². The molecule has 0 radical (unpaired) electrons. The van der Waals surface area contributed by atoms with Gasteiger partial charge >= 0.3 is 0 Å². The second-order valence-electron chi connectivity index (χ2n) is 5.71. The minimum absolute atomic E-state index is 0.359. The van der Waals surface area contributed by atoms with Gasteiger partial charge in [0.25, 0.3) is 11.7 Å². The maximum Gasteiger partial charge on any atom is 0.299 e. The largest absolute Gasteiger partial charge is 0.303 e. The summed E-state index contributed by atoms with van der Waals surface area (Å²) in [5.74, 6) is -0.732. The molecule has 0 N–H and O–H groups in total. The number of likely N-dealkylation sites (tertiary alicyclic amines) is 1. The third kappa shape index (κ3) is 2.36. The minimum atomic E-state index is -0.373. The number of ketones is 1. The van der Waals surface area contributed by atoms with Gasteiger partial charge < -0.3 is 9.80 Å². The van der Waals surface area contributed by atoms with Crippen LogP contribution < -0.4 is 4.90 Å². The molecule has 1 fully saturated rings. The number of hydrogen-bond acceptors (Lipinski definition) is 3. The number of piperidine rings is 1. The van der Waals surface area contributed by atoms with Crippen LogP contribution in [0.4, 0.5) is 5.69 Å². The van der Waals surface area contributed by atoms with Crippen molar-refractivity contribution in [1.29, 1.82) is 0 Å². The van der Waals surface area contributed by atoms with Gasteiger partial charge in [-0.2, -0.15) is 0 Å². The van der Waals surface area contributed by atoms with E-state index in [4.69, 9.17) is 0 Å². The molecule has 2 heterocycles. The van der Waals surface area contributed by atoms with Gasteiger partial charge in [-0.3, -0.25) is 9.59 Å². The molecular formula is C16H20N2O2. The topological polar surface area (TPSA) is 40.6 Å². The number of rotatable bonds is 3. The zero-order chi connectivity index (χ0) is 14.1. The van der Waals surface area contributed by atoms with Crippen LogP contribution in [-0.2, 0) is 4.79 Å². The summed E-state index contributed by atoms with van der Waals surface area (Å²) in [5, 5.41) is 0. The van der Waals surface area contributed by atoms with Gasteiger partial charge in [0.15, 0.2) is 0 Å². The molecule has 0 atom stereocenters. The Morgan fingerprint density at radius 1 is 1.05 bits per heavy atom. The van der Waals surface area contributed by atoms with Crippen molar-refractivity contribution in [2.24, 2.45) is 0 Å². The van der Waals surface area contributed by atoms with E-state index >= 15 is 0 Å². The molecule has 0 bridgehead atoms. The summed E-state index contributed by atoms with van der Waals surface area (Å²) in [4.78, 5) is 28.1. The molecule has 20 heavy (non-hydrogen) atoms. The number of anilines is 1. The fraction of sp³-hybridized carbons (Fsp3) is 0.500. The first-order valence-electron chi connectivity index (χ1n) is 7.36. The molecule has 3 rings (SSSR count). The van der Waals surface area contributed by atoms with Crippen molar-refractivity contribution < 1.29 is 9.59 Å². The maximum absolute atomic E-state index is 12.1. The first-order chi connectivity index (χ1) is 9.66. The molecule has 4 nitrogen and oxygen atoms in total. The number of aryl methyl sites for hydroxylation is 1. The van der Waals surface area contributed by atoms with Crippen molar-refractivity contribution in [3.8, 4) is 0 Å². The zero-order valence-electron chi connectivity index (χ0n) is 11.9. The third-order valence-electron chi connectivity index (χ3n) is 4.22. The van der Waals surface area contributed by atoms with E-state index in [1.807, 2.05) is 25.1 Å². The molecule has 1 aromatic carbocycles. The Bertz CT molecular complexity index is 547. The highest BCUT2D eigenvalue weighted by Crippen LogP contribution is 2.29. The van der Waals surface area contributed by atoms with E-state index < -0.39 is 0 Å². The Morgan fingerprint density at radius 2 is 1.80 bits per heavy atom. The molecule has 1 amide bonds. The third-order valence-corrected chi connectivity index (χ3v) is 4.22. The Morgan fingerprint density at radius 3 is 2.55 bits per heavy atom. The molecule has 1 aromatic rings. The molecule has 0 aliphatic carbocycles. The van der Waals surface area contributed by atoms with Crippen LogP contribution in [0.2, 0.25) is 0 Å². The molecular weight excluding hydrogens is 252 g/mol. The van der Waals surface area contributed by atoms with E-state index in [2.05, 4.69) is 4.90 Å². The number of benzene rings is 1. The maximum atomic E-state index is 12.1. The predicted molar refractivity (Wildman–Crippen MR) is 78.2 cm³/mol. The average molecular weight is 272 g/mol. The lowest BCUT2D eigenvalue weighted by atomic mass is 10.1. The quantitative estimate of drug-likeness (QED) is 0.790. The Kier molecular flexibility index (Phi) is 3.57. The van der Waals surface area contributed by atoms with E-state index in [1.54, 1.807) is 4.90 Å². The molecule has 4 heteroatoms. The molecule has 0 aromatic heterocycles. The van der Waals surface area contributed by atoms with Crippen LogP contribution in [0.25, 0.3) is 0 Å². The molecule has 0 unspecified atom stereocenters. The molecule has 106 valence electrons. The van der Waals surface area contributed by atoms with Crippen LogP contribution in [0.3, 0.4) is 0 Å². The van der Waals surface area contributed by atoms with Gasteiger partial charge in [0.05, 0.1) is 11.3 Å². The summed E-state index contributed by atoms with van der Waals surface area (Å²) in [5.41, 5.74) is 2.36. The van der Waals surface area contributed by atoms with Gasteiger partial charge in [-0.05, 0) is 45.0 Å². The Hall–Kier alpha value is -1.68. The van der Waals surface area contributed by atoms with Gasteiger partial charge in [-0.25, -0.2) is 0 Å². The summed E-state index contributed by atoms with van der Waals surface area (Å²) in [6.45, 7) is 5.62. The number of carbonyl (C=O) groups is 2. The van der Waals surface area contributed by atoms with Gasteiger partial charge in [-0.1, -0.05) is 18.1 Å². The summed E-state index contributed by atoms with van der Waals surface area (Å²) in [6.07, 6.45) is 3.78. The standard InChI is InChI=1S/C16H20N2O2/c1-12-5-6-14-13(11-12)15(19)16(20)18(14)10-9-17-7-3-2-4-8-17/h5-6,11H,2-4,7-10H2,1H3. The van der Waals surface area contributed by atoms with Crippen molar-refractivity contribution in [3.05, 3.63) is 29.3 Å². The molecule has 0 spiro atoms. The van der Waals surface area contributed by atoms with Crippen LogP contribution >= 0.6 is 0 Å². The summed E-state index contributed by atoms with van der Waals surface area (Å²) < 4.78 is 0. The lowest BCUT2D eigenvalue weighted by Crippen LogP contribution is -2.40. The summed E-state index contributed by atoms with van der Waals surface area (Å²) >= 11 is 0. The minimum Gasteiger partial charge on any atom is -0.303 e. The zero-order valence-corrected chi connectivity index (χ0v) is 11.9. The smallest absolute Gasteiger partial charge is 0.299 e. The van der Waals surface area contributed by atoms with E-state index in [0.717, 1.165) is 30.9 Å². The highest BCUT2D eigenvalue weighted by molar-refractivity contribution is 6.52. The van der Waals surface area contributed by atoms with Gasteiger partial charge in [0.1, 0.15) is 0 Å². The summed E-state index contributed by atoms with van der Waals surface area (Å²) in [7, 11) is 0. The molecule has 2 aliphatic heterocycles. The average Bonchev–Trinajstić information content (AvgIpc) is 2.70. The monoisotopic (exact) mass is 272 g/mol. The van der Waals surface area contributed by atoms with Gasteiger partial charge in [0.2, 0.25) is 0 Å². The molecule has 2 aliphatic rings. The number of carbonyl (C=O) groups excluding carboxylic acids is 2. The first-order valence-corrected chi connectivity index (χ1v) is 7.36. The lowest BCUT2D eigenvalue weighted by Gasteiger charge is -2.28. The number of hydrogen-bond donors (Lipinski definition) is 0. The Balaban J connectivity index is 1.74. The number of amides is 1. The number of nitrogens with zero attached hydrogens (tertiary/aromatic N) is 2. The van der Waals surface area contributed by atoms with Crippen molar-refractivity contribution in [1.82, 2.24) is 4.90 Å². The van der Waals surface area contributed by atoms with Crippen LogP contribution in [0.5, 0.6) is 0 Å². The van der Waals surface area contributed by atoms with Crippen LogP contribution in [0.1, 0.15) is 35.2 Å². The Labute approximate surface area is 119 Å². The van der Waals surface area contributed by atoms with Gasteiger partial charge in [-0.15, -0.1) is 0 Å². The fourth-order valence-electron chi connectivity index (χ4n) is 3.06. The fourth-order valence-corrected chi connectivity index (χ4v) is 3.06.